The van der Waals surface area contributed by atoms with Crippen molar-refractivity contribution in [2.24, 2.45) is 5.73 Å². The number of ether oxygens (including phenoxy) is 2. The van der Waals surface area contributed by atoms with Crippen LogP contribution in [0, 0.1) is 11.3 Å². The third kappa shape index (κ3) is 5.64. The second-order valence-corrected chi connectivity index (χ2v) is 5.19. The zero-order valence-corrected chi connectivity index (χ0v) is 14.0. The number of para-hydroxylation sites is 1. The Morgan fingerprint density at radius 2 is 1.72 bits per heavy atom. The quantitative estimate of drug-likeness (QED) is 0.371. The second-order valence-electron chi connectivity index (χ2n) is 4.78. The number of nitrogens with two attached hydrogens (primary N) is 1. The molecule has 0 fully saturated rings. The van der Waals surface area contributed by atoms with Gasteiger partial charge in [0.15, 0.2) is 0 Å². The van der Waals surface area contributed by atoms with Crippen LogP contribution in [0.2, 0.25) is 0 Å². The van der Waals surface area contributed by atoms with E-state index in [-0.39, 0.29) is 23.1 Å². The van der Waals surface area contributed by atoms with E-state index < -0.39 is 6.09 Å². The Morgan fingerprint density at radius 3 is 2.32 bits per heavy atom. The highest BCUT2D eigenvalue weighted by molar-refractivity contribution is 7.80. The van der Waals surface area contributed by atoms with Gasteiger partial charge in [-0.1, -0.05) is 60.7 Å². The van der Waals surface area contributed by atoms with Crippen molar-refractivity contribution in [1.82, 2.24) is 5.32 Å². The van der Waals surface area contributed by atoms with Gasteiger partial charge in [0.05, 0.1) is 0 Å². The van der Waals surface area contributed by atoms with Crippen molar-refractivity contribution in [1.29, 1.82) is 5.26 Å². The van der Waals surface area contributed by atoms with E-state index in [2.05, 4.69) is 5.32 Å². The summed E-state index contributed by atoms with van der Waals surface area (Å²) in [5.74, 6) is 0.176. The molecule has 25 heavy (non-hydrogen) atoms. The Hall–Kier alpha value is -3.37. The van der Waals surface area contributed by atoms with Crippen LogP contribution in [-0.4, -0.2) is 11.1 Å². The number of benzene rings is 2. The third-order valence-electron chi connectivity index (χ3n) is 2.99. The summed E-state index contributed by atoms with van der Waals surface area (Å²) in [6.45, 7) is 0.176. The number of nitrogens with zero attached hydrogens (tertiary/aromatic N) is 1. The van der Waals surface area contributed by atoms with Gasteiger partial charge in [0.1, 0.15) is 29.0 Å². The molecule has 0 aromatic heterocycles. The molecule has 3 N–H and O–H groups in total. The summed E-state index contributed by atoms with van der Waals surface area (Å²) in [6.07, 6.45) is -0.820. The summed E-state index contributed by atoms with van der Waals surface area (Å²) >= 11 is 5.02. The summed E-state index contributed by atoms with van der Waals surface area (Å²) in [4.78, 5) is 11.6. The van der Waals surface area contributed by atoms with Crippen molar-refractivity contribution >= 4 is 23.3 Å². The summed E-state index contributed by atoms with van der Waals surface area (Å²) < 4.78 is 10.4. The minimum atomic E-state index is -0.820. The van der Waals surface area contributed by atoms with Gasteiger partial charge in [-0.2, -0.15) is 5.26 Å². The predicted molar refractivity (Wildman–Crippen MR) is 96.3 cm³/mol. The van der Waals surface area contributed by atoms with Gasteiger partial charge in [-0.3, -0.25) is 5.32 Å². The molecule has 2 aromatic rings. The Labute approximate surface area is 150 Å². The summed E-state index contributed by atoms with van der Waals surface area (Å²) in [6, 6.07) is 19.6. The number of nitrogens with one attached hydrogen (secondary N) is 1. The molecule has 0 aliphatic carbocycles. The maximum Gasteiger partial charge on any atom is 0.417 e. The molecular weight excluding hydrogens is 338 g/mol. The van der Waals surface area contributed by atoms with Crippen molar-refractivity contribution in [3.63, 3.8) is 0 Å². The van der Waals surface area contributed by atoms with Crippen molar-refractivity contribution in [3.05, 3.63) is 77.7 Å². The minimum Gasteiger partial charge on any atom is -0.473 e. The highest BCUT2D eigenvalue weighted by atomic mass is 32.1. The fraction of sp³-hybridized carbons (Fsp3) is 0.0556. The number of hydrogen-bond acceptors (Lipinski definition) is 6. The minimum absolute atomic E-state index is 0.143. The standard InChI is InChI=1S/C18H15N3O3S/c19-11-15(16(20)23-12-13-7-3-1-4-8-13)17(25)21-18(22)24-14-9-5-2-6-10-14/h1-10H,12,20H2,(H,21,22,25)/b16-15-. The zero-order chi connectivity index (χ0) is 18.1. The highest BCUT2D eigenvalue weighted by Gasteiger charge is 2.15. The maximum absolute atomic E-state index is 11.8. The SMILES string of the molecule is N#C/C(C(=S)NC(=O)Oc1ccccc1)=C(\N)OCc1ccccc1. The second kappa shape index (κ2) is 9.05. The molecular formula is C18H15N3O3S. The van der Waals surface area contributed by atoms with E-state index in [1.54, 1.807) is 30.3 Å². The first-order chi connectivity index (χ1) is 12.1. The first-order valence-corrected chi connectivity index (χ1v) is 7.65. The summed E-state index contributed by atoms with van der Waals surface area (Å²) in [5.41, 5.74) is 6.50. The molecule has 0 bridgehead atoms. The molecule has 0 aliphatic rings. The Kier molecular flexibility index (Phi) is 6.51. The van der Waals surface area contributed by atoms with E-state index in [1.165, 1.54) is 0 Å². The Balaban J connectivity index is 1.97. The fourth-order valence-electron chi connectivity index (χ4n) is 1.80. The van der Waals surface area contributed by atoms with Gasteiger partial charge < -0.3 is 15.2 Å². The zero-order valence-electron chi connectivity index (χ0n) is 13.1. The Bertz CT molecular complexity index is 814. The number of carbonyl (C=O) groups excluding carboxylic acids is 1. The maximum atomic E-state index is 11.8. The van der Waals surface area contributed by atoms with Gasteiger partial charge in [-0.25, -0.2) is 4.79 Å². The third-order valence-corrected chi connectivity index (χ3v) is 3.30. The molecule has 2 rings (SSSR count). The number of hydrogen-bond donors (Lipinski definition) is 2. The predicted octanol–water partition coefficient (Wildman–Crippen LogP) is 3.01. The molecule has 1 amide bonds. The molecule has 0 saturated carbocycles. The van der Waals surface area contributed by atoms with Crippen LogP contribution in [0.15, 0.2) is 72.1 Å². The lowest BCUT2D eigenvalue weighted by Gasteiger charge is -2.10. The van der Waals surface area contributed by atoms with E-state index in [4.69, 9.17) is 27.4 Å². The van der Waals surface area contributed by atoms with E-state index in [0.717, 1.165) is 5.56 Å². The van der Waals surface area contributed by atoms with E-state index >= 15 is 0 Å². The van der Waals surface area contributed by atoms with Gasteiger partial charge in [-0.15, -0.1) is 0 Å². The molecule has 0 heterocycles. The van der Waals surface area contributed by atoms with Gasteiger partial charge in [-0.05, 0) is 17.7 Å². The van der Waals surface area contributed by atoms with Gasteiger partial charge in [0.2, 0.25) is 5.88 Å². The summed E-state index contributed by atoms with van der Waals surface area (Å²) in [5, 5.41) is 11.5. The number of amides is 1. The number of nitriles is 1. The van der Waals surface area contributed by atoms with Crippen LogP contribution in [-0.2, 0) is 11.3 Å². The van der Waals surface area contributed by atoms with Crippen LogP contribution in [0.5, 0.6) is 5.75 Å². The molecule has 0 aliphatic heterocycles. The van der Waals surface area contributed by atoms with Crippen LogP contribution < -0.4 is 15.8 Å². The molecule has 0 saturated heterocycles. The topological polar surface area (TPSA) is 97.4 Å². The Morgan fingerprint density at radius 1 is 1.12 bits per heavy atom. The van der Waals surface area contributed by atoms with Crippen molar-refractivity contribution < 1.29 is 14.3 Å². The van der Waals surface area contributed by atoms with Crippen LogP contribution in [0.25, 0.3) is 0 Å². The van der Waals surface area contributed by atoms with Gasteiger partial charge in [0, 0.05) is 0 Å². The fourth-order valence-corrected chi connectivity index (χ4v) is 2.03. The molecule has 7 heteroatoms. The monoisotopic (exact) mass is 353 g/mol. The molecule has 0 radical (unpaired) electrons. The van der Waals surface area contributed by atoms with Gasteiger partial charge in [0.25, 0.3) is 0 Å². The van der Waals surface area contributed by atoms with Crippen molar-refractivity contribution in [3.8, 4) is 11.8 Å². The first kappa shape index (κ1) is 18.0. The van der Waals surface area contributed by atoms with E-state index in [9.17, 15) is 10.1 Å². The first-order valence-electron chi connectivity index (χ1n) is 7.25. The van der Waals surface area contributed by atoms with Crippen LogP contribution >= 0.6 is 12.2 Å². The average Bonchev–Trinajstić information content (AvgIpc) is 2.62. The van der Waals surface area contributed by atoms with E-state index in [0.29, 0.717) is 5.75 Å². The van der Waals surface area contributed by atoms with Crippen LogP contribution in [0.3, 0.4) is 0 Å². The van der Waals surface area contributed by atoms with Gasteiger partial charge >= 0.3 is 6.09 Å². The number of carbonyl (C=O) groups is 1. The molecule has 6 nitrogen and oxygen atoms in total. The molecule has 0 spiro atoms. The van der Waals surface area contributed by atoms with Crippen LogP contribution in [0.4, 0.5) is 4.79 Å². The molecule has 0 atom stereocenters. The number of thiocarbonyl (C=S) groups is 1. The van der Waals surface area contributed by atoms with Crippen molar-refractivity contribution in [2.45, 2.75) is 6.61 Å². The molecule has 126 valence electrons. The summed E-state index contributed by atoms with van der Waals surface area (Å²) in [7, 11) is 0. The lowest BCUT2D eigenvalue weighted by molar-refractivity contribution is 0.194. The molecule has 0 unspecified atom stereocenters. The normalized spacial score (nSPS) is 10.8. The molecule has 2 aromatic carbocycles. The lowest BCUT2D eigenvalue weighted by Crippen LogP contribution is -2.33. The largest absolute Gasteiger partial charge is 0.473 e. The van der Waals surface area contributed by atoms with E-state index in [1.807, 2.05) is 36.4 Å². The van der Waals surface area contributed by atoms with Crippen LogP contribution in [0.1, 0.15) is 5.56 Å². The lowest BCUT2D eigenvalue weighted by atomic mass is 10.2. The van der Waals surface area contributed by atoms with Crippen molar-refractivity contribution in [2.75, 3.05) is 0 Å². The average molecular weight is 353 g/mol. The smallest absolute Gasteiger partial charge is 0.417 e. The highest BCUT2D eigenvalue weighted by Crippen LogP contribution is 2.10. The number of rotatable bonds is 5.